The average molecular weight is 298 g/mol. The van der Waals surface area contributed by atoms with Crippen LogP contribution in [-0.2, 0) is 17.6 Å². The van der Waals surface area contributed by atoms with Gasteiger partial charge in [0.1, 0.15) is 0 Å². The van der Waals surface area contributed by atoms with Crippen molar-refractivity contribution in [2.75, 3.05) is 11.1 Å². The van der Waals surface area contributed by atoms with E-state index in [0.717, 1.165) is 35.5 Å². The number of thiophene rings is 1. The number of fused-ring (bicyclic) bond motifs is 1. The van der Waals surface area contributed by atoms with Gasteiger partial charge in [0.2, 0.25) is 5.91 Å². The van der Waals surface area contributed by atoms with Crippen LogP contribution >= 0.6 is 11.3 Å². The zero-order valence-corrected chi connectivity index (χ0v) is 12.6. The third-order valence-electron chi connectivity index (χ3n) is 4.34. The summed E-state index contributed by atoms with van der Waals surface area (Å²) in [4.78, 5) is 13.2. The van der Waals surface area contributed by atoms with E-state index >= 15 is 0 Å². The van der Waals surface area contributed by atoms with Crippen molar-refractivity contribution in [3.05, 3.63) is 34.7 Å². The second kappa shape index (κ2) is 4.88. The molecule has 1 aromatic heterocycles. The van der Waals surface area contributed by atoms with E-state index < -0.39 is 0 Å². The minimum Gasteiger partial charge on any atom is -0.390 e. The molecule has 0 unspecified atom stereocenters. The van der Waals surface area contributed by atoms with Crippen molar-refractivity contribution in [3.63, 3.8) is 0 Å². The van der Waals surface area contributed by atoms with Gasteiger partial charge in [-0.2, -0.15) is 0 Å². The summed E-state index contributed by atoms with van der Waals surface area (Å²) in [6.07, 6.45) is 5.60. The van der Waals surface area contributed by atoms with Gasteiger partial charge in [0.25, 0.3) is 0 Å². The van der Waals surface area contributed by atoms with Crippen LogP contribution in [0.5, 0.6) is 0 Å². The topological polar surface area (TPSA) is 55.1 Å². The molecular weight excluding hydrogens is 280 g/mol. The lowest BCUT2D eigenvalue weighted by atomic mass is 10.0. The Morgan fingerprint density at radius 3 is 2.67 bits per heavy atom. The van der Waals surface area contributed by atoms with E-state index in [4.69, 9.17) is 5.73 Å². The number of nitrogen functional groups attached to an aromatic ring is 1. The minimum absolute atomic E-state index is 0.152. The maximum Gasteiger partial charge on any atom is 0.227 e. The average Bonchev–Trinajstić information content (AvgIpc) is 3.16. The number of aryl methyl sites for hydroxylation is 1. The Morgan fingerprint density at radius 1 is 1.19 bits per heavy atom. The van der Waals surface area contributed by atoms with Gasteiger partial charge in [0, 0.05) is 22.0 Å². The lowest BCUT2D eigenvalue weighted by molar-refractivity contribution is -0.117. The lowest BCUT2D eigenvalue weighted by Crippen LogP contribution is -2.12. The summed E-state index contributed by atoms with van der Waals surface area (Å²) in [5, 5.41) is 3.90. The molecule has 2 aromatic rings. The molecule has 3 N–H and O–H groups in total. The number of benzene rings is 1. The highest BCUT2D eigenvalue weighted by Gasteiger charge is 2.29. The molecule has 1 amide bonds. The second-order valence-corrected chi connectivity index (χ2v) is 7.07. The van der Waals surface area contributed by atoms with E-state index in [9.17, 15) is 4.79 Å². The molecule has 0 aliphatic heterocycles. The Kier molecular flexibility index (Phi) is 3.00. The molecule has 21 heavy (non-hydrogen) atoms. The summed E-state index contributed by atoms with van der Waals surface area (Å²) in [6, 6.07) is 8.10. The normalized spacial score (nSPS) is 16.8. The van der Waals surface area contributed by atoms with Crippen molar-refractivity contribution in [2.24, 2.45) is 5.92 Å². The molecule has 0 saturated heterocycles. The first kappa shape index (κ1) is 12.9. The standard InChI is InChI=1S/C17H18N2OS/c18-16-15(13-2-1-3-14(13)21-16)10-6-8-12(9-7-10)19-17(20)11-4-5-11/h6-9,11H,1-5,18H2,(H,19,20). The van der Waals surface area contributed by atoms with Gasteiger partial charge in [-0.05, 0) is 55.4 Å². The van der Waals surface area contributed by atoms with Crippen molar-refractivity contribution >= 4 is 27.9 Å². The van der Waals surface area contributed by atoms with Crippen LogP contribution in [0.4, 0.5) is 10.7 Å². The zero-order chi connectivity index (χ0) is 14.4. The van der Waals surface area contributed by atoms with E-state index in [0.29, 0.717) is 0 Å². The number of rotatable bonds is 3. The van der Waals surface area contributed by atoms with E-state index in [1.54, 1.807) is 11.3 Å². The molecule has 4 rings (SSSR count). The lowest BCUT2D eigenvalue weighted by Gasteiger charge is -2.07. The molecule has 1 aromatic carbocycles. The van der Waals surface area contributed by atoms with Gasteiger partial charge in [-0.15, -0.1) is 11.3 Å². The summed E-state index contributed by atoms with van der Waals surface area (Å²) >= 11 is 1.73. The summed E-state index contributed by atoms with van der Waals surface area (Å²) in [5.41, 5.74) is 10.9. The van der Waals surface area contributed by atoms with Crippen LogP contribution in [-0.4, -0.2) is 5.91 Å². The molecular formula is C17H18N2OS. The highest BCUT2D eigenvalue weighted by Crippen LogP contribution is 2.43. The summed E-state index contributed by atoms with van der Waals surface area (Å²) in [5.74, 6) is 0.388. The fourth-order valence-corrected chi connectivity index (χ4v) is 4.23. The molecule has 2 aliphatic rings. The number of nitrogens with one attached hydrogen (secondary N) is 1. The fourth-order valence-electron chi connectivity index (χ4n) is 3.05. The van der Waals surface area contributed by atoms with Gasteiger partial charge in [0.15, 0.2) is 0 Å². The number of carbonyl (C=O) groups is 1. The molecule has 0 spiro atoms. The van der Waals surface area contributed by atoms with Crippen LogP contribution in [0.25, 0.3) is 11.1 Å². The Labute approximate surface area is 128 Å². The van der Waals surface area contributed by atoms with E-state index in [2.05, 4.69) is 17.4 Å². The molecule has 108 valence electrons. The van der Waals surface area contributed by atoms with Crippen molar-refractivity contribution < 1.29 is 4.79 Å². The summed E-state index contributed by atoms with van der Waals surface area (Å²) in [7, 11) is 0. The first-order valence-electron chi connectivity index (χ1n) is 7.53. The van der Waals surface area contributed by atoms with Crippen molar-refractivity contribution in [3.8, 4) is 11.1 Å². The largest absolute Gasteiger partial charge is 0.390 e. The third-order valence-corrected chi connectivity index (χ3v) is 5.46. The molecule has 0 atom stereocenters. The Morgan fingerprint density at radius 2 is 1.95 bits per heavy atom. The predicted molar refractivity (Wildman–Crippen MR) is 87.5 cm³/mol. The van der Waals surface area contributed by atoms with Crippen LogP contribution < -0.4 is 11.1 Å². The Bertz CT molecular complexity index is 698. The molecule has 0 radical (unpaired) electrons. The van der Waals surface area contributed by atoms with Crippen molar-refractivity contribution in [1.82, 2.24) is 0 Å². The fraction of sp³-hybridized carbons (Fsp3) is 0.353. The first-order valence-corrected chi connectivity index (χ1v) is 8.35. The maximum atomic E-state index is 11.8. The third kappa shape index (κ3) is 2.33. The van der Waals surface area contributed by atoms with Gasteiger partial charge in [0.05, 0.1) is 5.00 Å². The molecule has 0 bridgehead atoms. The molecule has 4 heteroatoms. The van der Waals surface area contributed by atoms with Crippen LogP contribution in [0.2, 0.25) is 0 Å². The molecule has 1 heterocycles. The number of amides is 1. The van der Waals surface area contributed by atoms with Gasteiger partial charge < -0.3 is 11.1 Å². The summed E-state index contributed by atoms with van der Waals surface area (Å²) < 4.78 is 0. The number of hydrogen-bond acceptors (Lipinski definition) is 3. The predicted octanol–water partition coefficient (Wildman–Crippen LogP) is 3.83. The van der Waals surface area contributed by atoms with Gasteiger partial charge >= 0.3 is 0 Å². The van der Waals surface area contributed by atoms with Gasteiger partial charge in [-0.3, -0.25) is 4.79 Å². The van der Waals surface area contributed by atoms with E-state index in [1.165, 1.54) is 28.8 Å². The minimum atomic E-state index is 0.152. The SMILES string of the molecule is Nc1sc2c(c1-c1ccc(NC(=O)C3CC3)cc1)CCC2. The maximum absolute atomic E-state index is 11.8. The highest BCUT2D eigenvalue weighted by molar-refractivity contribution is 7.16. The second-order valence-electron chi connectivity index (χ2n) is 5.94. The number of hydrogen-bond donors (Lipinski definition) is 2. The number of nitrogens with two attached hydrogens (primary N) is 1. The van der Waals surface area contributed by atoms with Crippen molar-refractivity contribution in [2.45, 2.75) is 32.1 Å². The highest BCUT2D eigenvalue weighted by atomic mass is 32.1. The van der Waals surface area contributed by atoms with Gasteiger partial charge in [-0.1, -0.05) is 12.1 Å². The Hall–Kier alpha value is -1.81. The van der Waals surface area contributed by atoms with Crippen molar-refractivity contribution in [1.29, 1.82) is 0 Å². The molecule has 1 fully saturated rings. The molecule has 1 saturated carbocycles. The Balaban J connectivity index is 1.60. The number of anilines is 2. The van der Waals surface area contributed by atoms with Crippen LogP contribution in [0.1, 0.15) is 29.7 Å². The molecule has 2 aliphatic carbocycles. The monoisotopic (exact) mass is 298 g/mol. The van der Waals surface area contributed by atoms with Crippen LogP contribution in [0.15, 0.2) is 24.3 Å². The quantitative estimate of drug-likeness (QED) is 0.904. The van der Waals surface area contributed by atoms with E-state index in [-0.39, 0.29) is 11.8 Å². The smallest absolute Gasteiger partial charge is 0.227 e. The first-order chi connectivity index (χ1) is 10.2. The van der Waals surface area contributed by atoms with Crippen LogP contribution in [0.3, 0.4) is 0 Å². The van der Waals surface area contributed by atoms with E-state index in [1.807, 2.05) is 12.1 Å². The zero-order valence-electron chi connectivity index (χ0n) is 11.8. The number of carbonyl (C=O) groups excluding carboxylic acids is 1. The van der Waals surface area contributed by atoms with Gasteiger partial charge in [-0.25, -0.2) is 0 Å². The van der Waals surface area contributed by atoms with Crippen LogP contribution in [0, 0.1) is 5.92 Å². The molecule has 3 nitrogen and oxygen atoms in total. The summed E-state index contributed by atoms with van der Waals surface area (Å²) in [6.45, 7) is 0.